The second kappa shape index (κ2) is 3.92. The van der Waals surface area contributed by atoms with Crippen LogP contribution in [0.3, 0.4) is 0 Å². The summed E-state index contributed by atoms with van der Waals surface area (Å²) in [5.41, 5.74) is 0. The van der Waals surface area contributed by atoms with Crippen molar-refractivity contribution in [2.45, 2.75) is 57.8 Å². The molecule has 0 saturated heterocycles. The van der Waals surface area contributed by atoms with Crippen LogP contribution in [0.15, 0.2) is 0 Å². The Morgan fingerprint density at radius 1 is 0.733 bits per heavy atom. The van der Waals surface area contributed by atoms with Gasteiger partial charge in [-0.05, 0) is 37.5 Å². The first-order chi connectivity index (χ1) is 7.38. The molecule has 1 nitrogen and oxygen atoms in total. The van der Waals surface area contributed by atoms with Gasteiger partial charge in [-0.25, -0.2) is 0 Å². The predicted molar refractivity (Wildman–Crippen MR) is 60.5 cm³/mol. The number of carbonyl (C=O) groups excluding carboxylic acids is 1. The van der Waals surface area contributed by atoms with Gasteiger partial charge in [-0.15, -0.1) is 0 Å². The van der Waals surface area contributed by atoms with E-state index in [0.29, 0.717) is 17.6 Å². The predicted octanol–water partition coefficient (Wildman–Crippen LogP) is 3.57. The van der Waals surface area contributed by atoms with Gasteiger partial charge in [0.25, 0.3) is 0 Å². The maximum atomic E-state index is 12.3. The molecule has 0 N–H and O–H groups in total. The molecule has 0 amide bonds. The summed E-state index contributed by atoms with van der Waals surface area (Å²) in [5.74, 6) is 3.33. The van der Waals surface area contributed by atoms with Crippen molar-refractivity contribution >= 4 is 5.78 Å². The molecule has 0 aromatic rings. The van der Waals surface area contributed by atoms with Gasteiger partial charge in [0.05, 0.1) is 0 Å². The lowest BCUT2D eigenvalue weighted by atomic mass is 9.90. The third-order valence-electron chi connectivity index (χ3n) is 4.99. The molecule has 0 aromatic heterocycles. The van der Waals surface area contributed by atoms with Crippen LogP contribution in [0.1, 0.15) is 57.8 Å². The second-order valence-electron chi connectivity index (χ2n) is 5.88. The summed E-state index contributed by atoms with van der Waals surface area (Å²) in [6.45, 7) is 0. The van der Waals surface area contributed by atoms with Gasteiger partial charge in [-0.1, -0.05) is 32.1 Å². The first-order valence-corrected chi connectivity index (χ1v) is 6.91. The summed E-state index contributed by atoms with van der Waals surface area (Å²) in [7, 11) is 0. The zero-order valence-corrected chi connectivity index (χ0v) is 9.58. The van der Waals surface area contributed by atoms with E-state index in [1.807, 2.05) is 0 Å². The lowest BCUT2D eigenvalue weighted by Gasteiger charge is -2.13. The molecule has 0 heterocycles. The molecule has 0 spiro atoms. The Morgan fingerprint density at radius 2 is 1.33 bits per heavy atom. The molecule has 1 heteroatoms. The summed E-state index contributed by atoms with van der Waals surface area (Å²) in [4.78, 5) is 12.3. The number of ketones is 1. The quantitative estimate of drug-likeness (QED) is 0.631. The van der Waals surface area contributed by atoms with Crippen molar-refractivity contribution in [3.63, 3.8) is 0 Å². The maximum absolute atomic E-state index is 12.3. The van der Waals surface area contributed by atoms with Crippen LogP contribution in [-0.2, 0) is 4.79 Å². The Bertz CT molecular complexity index is 240. The number of carbonyl (C=O) groups is 1. The molecule has 0 radical (unpaired) electrons. The fourth-order valence-corrected chi connectivity index (χ4v) is 4.08. The molecule has 3 aliphatic carbocycles. The lowest BCUT2D eigenvalue weighted by molar-refractivity contribution is -0.125. The van der Waals surface area contributed by atoms with E-state index in [9.17, 15) is 4.79 Å². The molecule has 0 aromatic carbocycles. The van der Waals surface area contributed by atoms with E-state index >= 15 is 0 Å². The van der Waals surface area contributed by atoms with Crippen LogP contribution >= 0.6 is 0 Å². The maximum Gasteiger partial charge on any atom is 0.139 e. The molecule has 0 aliphatic heterocycles. The van der Waals surface area contributed by atoms with Crippen molar-refractivity contribution in [3.05, 3.63) is 0 Å². The van der Waals surface area contributed by atoms with Crippen LogP contribution in [0.2, 0.25) is 0 Å². The molecule has 3 saturated carbocycles. The van der Waals surface area contributed by atoms with Crippen molar-refractivity contribution in [1.82, 2.24) is 0 Å². The molecular weight excluding hydrogens is 184 g/mol. The van der Waals surface area contributed by atoms with Crippen molar-refractivity contribution in [1.29, 1.82) is 0 Å². The minimum atomic E-state index is 0.461. The summed E-state index contributed by atoms with van der Waals surface area (Å²) in [5, 5.41) is 0. The smallest absolute Gasteiger partial charge is 0.139 e. The first kappa shape index (κ1) is 9.86. The Kier molecular flexibility index (Phi) is 2.58. The van der Waals surface area contributed by atoms with Gasteiger partial charge in [0, 0.05) is 11.8 Å². The highest BCUT2D eigenvalue weighted by Gasteiger charge is 2.56. The Hall–Kier alpha value is -0.330. The van der Waals surface area contributed by atoms with Crippen molar-refractivity contribution in [2.75, 3.05) is 0 Å². The van der Waals surface area contributed by atoms with E-state index in [2.05, 4.69) is 0 Å². The summed E-state index contributed by atoms with van der Waals surface area (Å²) in [6, 6.07) is 0. The van der Waals surface area contributed by atoms with Crippen LogP contribution < -0.4 is 0 Å². The number of hydrogen-bond acceptors (Lipinski definition) is 1. The molecular formula is C14H22O. The zero-order valence-electron chi connectivity index (χ0n) is 9.58. The largest absolute Gasteiger partial charge is 0.299 e. The number of Topliss-reactive ketones (excluding diaryl/α,β-unsaturated/α-hetero) is 1. The standard InChI is InChI=1S/C14H22O/c15-14(10-6-3-1-2-4-7-10)13-11-8-5-9-12(11)13/h10-13H,1-9H2. The zero-order chi connectivity index (χ0) is 10.3. The van der Waals surface area contributed by atoms with E-state index in [1.165, 1.54) is 57.8 Å². The average molecular weight is 206 g/mol. The van der Waals surface area contributed by atoms with Crippen LogP contribution in [0, 0.1) is 23.7 Å². The first-order valence-electron chi connectivity index (χ1n) is 6.91. The van der Waals surface area contributed by atoms with Crippen LogP contribution in [0.25, 0.3) is 0 Å². The molecule has 3 fully saturated rings. The second-order valence-corrected chi connectivity index (χ2v) is 5.88. The number of rotatable bonds is 2. The minimum Gasteiger partial charge on any atom is -0.299 e. The normalized spacial score (nSPS) is 40.9. The van der Waals surface area contributed by atoms with Gasteiger partial charge < -0.3 is 0 Å². The van der Waals surface area contributed by atoms with Crippen molar-refractivity contribution < 1.29 is 4.79 Å². The van der Waals surface area contributed by atoms with Crippen LogP contribution in [0.4, 0.5) is 0 Å². The van der Waals surface area contributed by atoms with E-state index < -0.39 is 0 Å². The monoisotopic (exact) mass is 206 g/mol. The van der Waals surface area contributed by atoms with Gasteiger partial charge in [0.2, 0.25) is 0 Å². The topological polar surface area (TPSA) is 17.1 Å². The Morgan fingerprint density at radius 3 is 1.93 bits per heavy atom. The molecule has 2 atom stereocenters. The van der Waals surface area contributed by atoms with Crippen LogP contribution in [0.5, 0.6) is 0 Å². The Balaban J connectivity index is 1.59. The van der Waals surface area contributed by atoms with E-state index in [-0.39, 0.29) is 0 Å². The molecule has 0 bridgehead atoms. The molecule has 3 aliphatic rings. The fourth-order valence-electron chi connectivity index (χ4n) is 4.08. The van der Waals surface area contributed by atoms with Gasteiger partial charge in [0.1, 0.15) is 5.78 Å². The molecule has 15 heavy (non-hydrogen) atoms. The minimum absolute atomic E-state index is 0.461. The number of hydrogen-bond donors (Lipinski definition) is 0. The SMILES string of the molecule is O=C(C1CCCCCC1)C1C2CCCC21. The average Bonchev–Trinajstić information content (AvgIpc) is 2.87. The highest BCUT2D eigenvalue weighted by Crippen LogP contribution is 2.59. The number of fused-ring (bicyclic) bond motifs is 1. The summed E-state index contributed by atoms with van der Waals surface area (Å²) >= 11 is 0. The van der Waals surface area contributed by atoms with Gasteiger partial charge in [0.15, 0.2) is 0 Å². The van der Waals surface area contributed by atoms with E-state index in [0.717, 1.165) is 11.8 Å². The molecule has 3 rings (SSSR count). The fraction of sp³-hybridized carbons (Fsp3) is 0.929. The lowest BCUT2D eigenvalue weighted by Crippen LogP contribution is -2.18. The van der Waals surface area contributed by atoms with Crippen molar-refractivity contribution in [2.24, 2.45) is 23.7 Å². The summed E-state index contributed by atoms with van der Waals surface area (Å²) < 4.78 is 0. The van der Waals surface area contributed by atoms with Gasteiger partial charge in [-0.3, -0.25) is 4.79 Å². The van der Waals surface area contributed by atoms with Gasteiger partial charge >= 0.3 is 0 Å². The van der Waals surface area contributed by atoms with E-state index in [1.54, 1.807) is 0 Å². The molecule has 2 unspecified atom stereocenters. The summed E-state index contributed by atoms with van der Waals surface area (Å²) in [6.07, 6.45) is 11.8. The highest BCUT2D eigenvalue weighted by molar-refractivity contribution is 5.86. The highest BCUT2D eigenvalue weighted by atomic mass is 16.1. The van der Waals surface area contributed by atoms with E-state index in [4.69, 9.17) is 0 Å². The van der Waals surface area contributed by atoms with Gasteiger partial charge in [-0.2, -0.15) is 0 Å². The third kappa shape index (κ3) is 1.74. The Labute approximate surface area is 92.6 Å². The van der Waals surface area contributed by atoms with Crippen molar-refractivity contribution in [3.8, 4) is 0 Å². The molecule has 84 valence electrons. The third-order valence-corrected chi connectivity index (χ3v) is 4.99. The van der Waals surface area contributed by atoms with Crippen LogP contribution in [-0.4, -0.2) is 5.78 Å².